The van der Waals surface area contributed by atoms with Crippen LogP contribution < -0.4 is 21.6 Å². The molecule has 0 fully saturated rings. The smallest absolute Gasteiger partial charge is 0.221 e. The molecule has 0 aliphatic heterocycles. The lowest BCUT2D eigenvalue weighted by atomic mass is 10.1. The topological polar surface area (TPSA) is 43.1 Å². The summed E-state index contributed by atoms with van der Waals surface area (Å²) in [4.78, 5) is 12.4. The fourth-order valence-electron chi connectivity index (χ4n) is 4.32. The summed E-state index contributed by atoms with van der Waals surface area (Å²) >= 11 is 0. The molecule has 1 atom stereocenters. The van der Waals surface area contributed by atoms with Crippen molar-refractivity contribution in [3.8, 4) is 0 Å². The van der Waals surface area contributed by atoms with E-state index in [4.69, 9.17) is 5.73 Å². The lowest BCUT2D eigenvalue weighted by Gasteiger charge is -2.34. The molecule has 1 unspecified atom stereocenters. The van der Waals surface area contributed by atoms with Gasteiger partial charge in [0.1, 0.15) is 28.8 Å². The molecule has 1 amide bonds. The van der Waals surface area contributed by atoms with E-state index in [1.54, 1.807) is 0 Å². The number of nitrogens with two attached hydrogens (primary N) is 1. The van der Waals surface area contributed by atoms with Crippen LogP contribution in [0.15, 0.2) is 121 Å². The Labute approximate surface area is 178 Å². The molecule has 2 nitrogen and oxygen atoms in total. The Bertz CT molecular complexity index is 986. The van der Waals surface area contributed by atoms with E-state index in [0.717, 1.165) is 5.56 Å². The maximum absolute atomic E-state index is 12.4. The molecule has 4 rings (SSSR count). The van der Waals surface area contributed by atoms with E-state index >= 15 is 0 Å². The average Bonchev–Trinajstić information content (AvgIpc) is 2.81. The standard InChI is InChI=1S/C27H24NOP/c28-27(29)21-26(22-13-5-1-6-14-22)30(23-15-7-2-8-16-23,24-17-9-3-10-18-24)25-19-11-4-12-20-25/h1-20,26H,21H2,(H-,28,29)/p+1. The minimum absolute atomic E-state index is 0.0524. The Morgan fingerprint density at radius 3 is 1.27 bits per heavy atom. The highest BCUT2D eigenvalue weighted by Crippen LogP contribution is 2.67. The van der Waals surface area contributed by atoms with Crippen LogP contribution in [0, 0.1) is 0 Å². The van der Waals surface area contributed by atoms with Crippen molar-refractivity contribution in [3.05, 3.63) is 127 Å². The van der Waals surface area contributed by atoms with Crippen molar-refractivity contribution in [2.24, 2.45) is 5.73 Å². The normalized spacial score (nSPS) is 12.3. The largest absolute Gasteiger partial charge is 0.370 e. The van der Waals surface area contributed by atoms with Crippen molar-refractivity contribution in [1.82, 2.24) is 0 Å². The highest BCUT2D eigenvalue weighted by molar-refractivity contribution is 7.96. The van der Waals surface area contributed by atoms with Crippen molar-refractivity contribution in [3.63, 3.8) is 0 Å². The van der Waals surface area contributed by atoms with Gasteiger partial charge in [0.05, 0.1) is 6.42 Å². The molecule has 4 aromatic rings. The van der Waals surface area contributed by atoms with Crippen LogP contribution in [0.2, 0.25) is 0 Å². The summed E-state index contributed by atoms with van der Waals surface area (Å²) < 4.78 is 0. The zero-order valence-electron chi connectivity index (χ0n) is 16.8. The predicted molar refractivity (Wildman–Crippen MR) is 128 cm³/mol. The SMILES string of the molecule is NC(=O)CC(c1ccccc1)[P+](c1ccccc1)(c1ccccc1)c1ccccc1. The van der Waals surface area contributed by atoms with Crippen LogP contribution in [0.3, 0.4) is 0 Å². The Balaban J connectivity index is 2.12. The van der Waals surface area contributed by atoms with E-state index < -0.39 is 7.26 Å². The fraction of sp³-hybridized carbons (Fsp3) is 0.0741. The summed E-state index contributed by atoms with van der Waals surface area (Å²) in [5.74, 6) is -0.281. The van der Waals surface area contributed by atoms with Crippen LogP contribution in [0.1, 0.15) is 17.6 Å². The third kappa shape index (κ3) is 3.79. The van der Waals surface area contributed by atoms with Crippen LogP contribution in [-0.4, -0.2) is 5.91 Å². The molecule has 0 aliphatic rings. The lowest BCUT2D eigenvalue weighted by Crippen LogP contribution is -2.36. The van der Waals surface area contributed by atoms with Gasteiger partial charge in [-0.3, -0.25) is 4.79 Å². The number of hydrogen-bond donors (Lipinski definition) is 1. The van der Waals surface area contributed by atoms with Crippen LogP contribution >= 0.6 is 7.26 Å². The molecule has 30 heavy (non-hydrogen) atoms. The predicted octanol–water partition coefficient (Wildman–Crippen LogP) is 4.60. The quantitative estimate of drug-likeness (QED) is 0.445. The van der Waals surface area contributed by atoms with Crippen LogP contribution in [0.25, 0.3) is 0 Å². The maximum atomic E-state index is 12.4. The first kappa shape index (κ1) is 20.1. The highest BCUT2D eigenvalue weighted by Gasteiger charge is 2.53. The second kappa shape index (κ2) is 9.07. The first-order valence-electron chi connectivity index (χ1n) is 10.1. The molecule has 0 radical (unpaired) electrons. The molecule has 0 spiro atoms. The van der Waals surface area contributed by atoms with E-state index in [2.05, 4.69) is 84.9 Å². The number of carbonyl (C=O) groups is 1. The molecule has 0 bridgehead atoms. The Morgan fingerprint density at radius 1 is 0.600 bits per heavy atom. The molecule has 2 N–H and O–H groups in total. The first-order valence-corrected chi connectivity index (χ1v) is 12.0. The van der Waals surface area contributed by atoms with Gasteiger partial charge in [0.2, 0.25) is 5.91 Å². The number of rotatable bonds is 7. The van der Waals surface area contributed by atoms with Crippen LogP contribution in [0.4, 0.5) is 0 Å². The summed E-state index contributed by atoms with van der Waals surface area (Å²) in [5, 5.41) is 3.74. The van der Waals surface area contributed by atoms with Gasteiger partial charge in [-0.05, 0) is 42.0 Å². The monoisotopic (exact) mass is 410 g/mol. The van der Waals surface area contributed by atoms with Crippen molar-refractivity contribution in [1.29, 1.82) is 0 Å². The van der Waals surface area contributed by atoms with Crippen molar-refractivity contribution >= 4 is 29.1 Å². The summed E-state index contributed by atoms with van der Waals surface area (Å²) in [7, 11) is -2.24. The third-order valence-electron chi connectivity index (χ3n) is 5.54. The number of benzene rings is 4. The van der Waals surface area contributed by atoms with Gasteiger partial charge >= 0.3 is 0 Å². The first-order chi connectivity index (χ1) is 14.7. The molecule has 0 saturated carbocycles. The van der Waals surface area contributed by atoms with Gasteiger partial charge in [0, 0.05) is 0 Å². The number of amides is 1. The van der Waals surface area contributed by atoms with Crippen molar-refractivity contribution in [2.75, 3.05) is 0 Å². The molecule has 148 valence electrons. The van der Waals surface area contributed by atoms with Crippen LogP contribution in [-0.2, 0) is 4.79 Å². The molecule has 0 aliphatic carbocycles. The van der Waals surface area contributed by atoms with Gasteiger partial charge in [0.15, 0.2) is 0 Å². The van der Waals surface area contributed by atoms with Gasteiger partial charge in [-0.25, -0.2) is 0 Å². The zero-order chi connectivity index (χ0) is 20.8. The van der Waals surface area contributed by atoms with E-state index in [1.807, 2.05) is 36.4 Å². The Morgan fingerprint density at radius 2 is 0.933 bits per heavy atom. The molecule has 0 heterocycles. The highest BCUT2D eigenvalue weighted by atomic mass is 31.2. The second-order valence-corrected chi connectivity index (χ2v) is 10.9. The Kier molecular flexibility index (Phi) is 6.07. The molecular weight excluding hydrogens is 385 g/mol. The average molecular weight is 410 g/mol. The molecular formula is C27H25NOP+. The lowest BCUT2D eigenvalue weighted by molar-refractivity contribution is -0.118. The van der Waals surface area contributed by atoms with Gasteiger partial charge in [-0.1, -0.05) is 84.9 Å². The summed E-state index contributed by atoms with van der Waals surface area (Å²) in [6.07, 6.45) is 0.288. The minimum atomic E-state index is -2.24. The fourth-order valence-corrected chi connectivity index (χ4v) is 9.30. The summed E-state index contributed by atoms with van der Waals surface area (Å²) in [6.45, 7) is 0. The number of hydrogen-bond acceptors (Lipinski definition) is 1. The summed E-state index contributed by atoms with van der Waals surface area (Å²) in [5.41, 5.74) is 6.93. The minimum Gasteiger partial charge on any atom is -0.370 e. The maximum Gasteiger partial charge on any atom is 0.221 e. The van der Waals surface area contributed by atoms with E-state index in [-0.39, 0.29) is 18.0 Å². The van der Waals surface area contributed by atoms with Gasteiger partial charge < -0.3 is 5.73 Å². The molecule has 0 saturated heterocycles. The zero-order valence-corrected chi connectivity index (χ0v) is 17.7. The van der Waals surface area contributed by atoms with Crippen LogP contribution in [0.5, 0.6) is 0 Å². The van der Waals surface area contributed by atoms with Crippen molar-refractivity contribution in [2.45, 2.75) is 12.1 Å². The number of carbonyl (C=O) groups excluding carboxylic acids is 1. The van der Waals surface area contributed by atoms with Gasteiger partial charge in [-0.2, -0.15) is 0 Å². The van der Waals surface area contributed by atoms with Gasteiger partial charge in [-0.15, -0.1) is 0 Å². The number of primary amides is 1. The molecule has 3 heteroatoms. The van der Waals surface area contributed by atoms with Crippen molar-refractivity contribution < 1.29 is 4.79 Å². The molecule has 4 aromatic carbocycles. The van der Waals surface area contributed by atoms with E-state index in [1.165, 1.54) is 15.9 Å². The Hall–Kier alpha value is -3.22. The summed E-state index contributed by atoms with van der Waals surface area (Å²) in [6, 6.07) is 42.2. The van der Waals surface area contributed by atoms with E-state index in [0.29, 0.717) is 0 Å². The van der Waals surface area contributed by atoms with Gasteiger partial charge in [0.25, 0.3) is 0 Å². The molecule has 0 aromatic heterocycles. The van der Waals surface area contributed by atoms with E-state index in [9.17, 15) is 4.79 Å². The third-order valence-corrected chi connectivity index (χ3v) is 10.3. The second-order valence-electron chi connectivity index (χ2n) is 7.33.